The molecule has 0 spiro atoms. The van der Waals surface area contributed by atoms with Gasteiger partial charge in [-0.15, -0.1) is 5.54 Å². The van der Waals surface area contributed by atoms with Gasteiger partial charge in [-0.05, 0) is 11.5 Å². The number of rotatable bonds is 4. The molecular formula is C16H25NSi. The van der Waals surface area contributed by atoms with Gasteiger partial charge in [0, 0.05) is 6.54 Å². The third kappa shape index (κ3) is 6.04. The van der Waals surface area contributed by atoms with Gasteiger partial charge in [-0.1, -0.05) is 69.7 Å². The van der Waals surface area contributed by atoms with Gasteiger partial charge in [-0.25, -0.2) is 0 Å². The molecule has 98 valence electrons. The fourth-order valence-electron chi connectivity index (χ4n) is 1.57. The zero-order chi connectivity index (χ0) is 13.6. The Morgan fingerprint density at radius 3 is 2.22 bits per heavy atom. The minimum Gasteiger partial charge on any atom is -0.299 e. The van der Waals surface area contributed by atoms with Crippen molar-refractivity contribution >= 4 is 8.07 Å². The molecule has 0 aliphatic rings. The Hall–Kier alpha value is -1.04. The van der Waals surface area contributed by atoms with Gasteiger partial charge in [0.05, 0.1) is 6.04 Å². The Balaban J connectivity index is 2.61. The average Bonchev–Trinajstić information content (AvgIpc) is 2.28. The average molecular weight is 259 g/mol. The van der Waals surface area contributed by atoms with Crippen molar-refractivity contribution in [2.24, 2.45) is 5.92 Å². The molecule has 0 radical (unpaired) electrons. The van der Waals surface area contributed by atoms with Crippen molar-refractivity contribution in [2.75, 3.05) is 0 Å². The first-order chi connectivity index (χ1) is 8.38. The minimum atomic E-state index is -1.28. The Morgan fingerprint density at radius 1 is 1.11 bits per heavy atom. The Morgan fingerprint density at radius 2 is 1.72 bits per heavy atom. The molecule has 0 bridgehead atoms. The van der Waals surface area contributed by atoms with Gasteiger partial charge in [0.2, 0.25) is 0 Å². The number of benzene rings is 1. The molecule has 1 N–H and O–H groups in total. The van der Waals surface area contributed by atoms with E-state index in [1.54, 1.807) is 0 Å². The van der Waals surface area contributed by atoms with Crippen LogP contribution in [0.5, 0.6) is 0 Å². The van der Waals surface area contributed by atoms with Gasteiger partial charge in [0.15, 0.2) is 0 Å². The van der Waals surface area contributed by atoms with Crippen LogP contribution in [0.3, 0.4) is 0 Å². The lowest BCUT2D eigenvalue weighted by Gasteiger charge is -2.18. The van der Waals surface area contributed by atoms with E-state index in [-0.39, 0.29) is 6.04 Å². The van der Waals surface area contributed by atoms with E-state index in [2.05, 4.69) is 80.6 Å². The molecule has 1 unspecified atom stereocenters. The highest BCUT2D eigenvalue weighted by atomic mass is 28.3. The summed E-state index contributed by atoms with van der Waals surface area (Å²) in [5.41, 5.74) is 4.78. The SMILES string of the molecule is CC(C)C(C#C[Si](C)(C)C)NCc1ccccc1. The van der Waals surface area contributed by atoms with Crippen molar-refractivity contribution in [3.8, 4) is 11.5 Å². The minimum absolute atomic E-state index is 0.289. The van der Waals surface area contributed by atoms with Crippen molar-refractivity contribution in [2.45, 2.75) is 46.1 Å². The molecule has 1 aromatic rings. The van der Waals surface area contributed by atoms with Crippen LogP contribution in [-0.2, 0) is 6.54 Å². The Bertz CT molecular complexity index is 406. The molecule has 0 heterocycles. The van der Waals surface area contributed by atoms with Crippen molar-refractivity contribution in [1.82, 2.24) is 5.32 Å². The molecule has 0 aromatic heterocycles. The van der Waals surface area contributed by atoms with Gasteiger partial charge >= 0.3 is 0 Å². The first kappa shape index (κ1) is 15.0. The summed E-state index contributed by atoms with van der Waals surface area (Å²) in [5, 5.41) is 3.56. The van der Waals surface area contributed by atoms with E-state index in [4.69, 9.17) is 0 Å². The van der Waals surface area contributed by atoms with Crippen molar-refractivity contribution in [3.63, 3.8) is 0 Å². The standard InChI is InChI=1S/C16H25NSi/c1-14(2)16(11-12-18(3,4)5)17-13-15-9-7-6-8-10-15/h6-10,14,16-17H,13H2,1-5H3. The zero-order valence-corrected chi connectivity index (χ0v) is 13.2. The van der Waals surface area contributed by atoms with Gasteiger partial charge in [-0.2, -0.15) is 0 Å². The molecule has 0 amide bonds. The zero-order valence-electron chi connectivity index (χ0n) is 12.2. The monoisotopic (exact) mass is 259 g/mol. The van der Waals surface area contributed by atoms with Crippen LogP contribution < -0.4 is 5.32 Å². The molecule has 0 saturated carbocycles. The summed E-state index contributed by atoms with van der Waals surface area (Å²) in [5.74, 6) is 3.97. The fourth-order valence-corrected chi connectivity index (χ4v) is 2.16. The molecule has 2 heteroatoms. The molecule has 1 rings (SSSR count). The van der Waals surface area contributed by atoms with Crippen molar-refractivity contribution in [3.05, 3.63) is 35.9 Å². The number of hydrogen-bond donors (Lipinski definition) is 1. The lowest BCUT2D eigenvalue weighted by Crippen LogP contribution is -2.33. The normalized spacial score (nSPS) is 13.0. The van der Waals surface area contributed by atoms with Crippen LogP contribution in [0.4, 0.5) is 0 Å². The summed E-state index contributed by atoms with van der Waals surface area (Å²) in [6.45, 7) is 12.2. The molecular weight excluding hydrogens is 234 g/mol. The van der Waals surface area contributed by atoms with Crippen molar-refractivity contribution in [1.29, 1.82) is 0 Å². The second-order valence-electron chi connectivity index (χ2n) is 6.11. The highest BCUT2D eigenvalue weighted by Crippen LogP contribution is 2.05. The maximum Gasteiger partial charge on any atom is 0.129 e. The lowest BCUT2D eigenvalue weighted by molar-refractivity contribution is 0.476. The molecule has 1 aromatic carbocycles. The summed E-state index contributed by atoms with van der Waals surface area (Å²) in [6, 6.07) is 10.8. The van der Waals surface area contributed by atoms with E-state index in [0.29, 0.717) is 5.92 Å². The van der Waals surface area contributed by atoms with Crippen LogP contribution in [0.25, 0.3) is 0 Å². The van der Waals surface area contributed by atoms with E-state index >= 15 is 0 Å². The van der Waals surface area contributed by atoms with E-state index in [1.807, 2.05) is 0 Å². The first-order valence-corrected chi connectivity index (χ1v) is 10.2. The molecule has 1 nitrogen and oxygen atoms in total. The first-order valence-electron chi connectivity index (χ1n) is 6.68. The molecule has 18 heavy (non-hydrogen) atoms. The predicted molar refractivity (Wildman–Crippen MR) is 83.0 cm³/mol. The van der Waals surface area contributed by atoms with E-state index < -0.39 is 8.07 Å². The molecule has 0 fully saturated rings. The fraction of sp³-hybridized carbons (Fsp3) is 0.500. The van der Waals surface area contributed by atoms with Crippen molar-refractivity contribution < 1.29 is 0 Å². The topological polar surface area (TPSA) is 12.0 Å². The molecule has 0 saturated heterocycles. The third-order valence-corrected chi connectivity index (χ3v) is 3.53. The van der Waals surface area contributed by atoms with E-state index in [1.165, 1.54) is 5.56 Å². The molecule has 0 aliphatic heterocycles. The van der Waals surface area contributed by atoms with Gasteiger partial charge in [0.1, 0.15) is 8.07 Å². The van der Waals surface area contributed by atoms with Crippen LogP contribution >= 0.6 is 0 Å². The largest absolute Gasteiger partial charge is 0.299 e. The van der Waals surface area contributed by atoms with E-state index in [0.717, 1.165) is 6.54 Å². The summed E-state index contributed by atoms with van der Waals surface area (Å²) in [4.78, 5) is 0. The summed E-state index contributed by atoms with van der Waals surface area (Å²) >= 11 is 0. The summed E-state index contributed by atoms with van der Waals surface area (Å²) in [6.07, 6.45) is 0. The van der Waals surface area contributed by atoms with Gasteiger partial charge < -0.3 is 0 Å². The number of hydrogen-bond acceptors (Lipinski definition) is 1. The molecule has 1 atom stereocenters. The lowest BCUT2D eigenvalue weighted by atomic mass is 10.1. The smallest absolute Gasteiger partial charge is 0.129 e. The second kappa shape index (κ2) is 6.77. The Labute approximate surface area is 113 Å². The van der Waals surface area contributed by atoms with Gasteiger partial charge in [0.25, 0.3) is 0 Å². The second-order valence-corrected chi connectivity index (χ2v) is 10.9. The highest BCUT2D eigenvalue weighted by Gasteiger charge is 2.12. The van der Waals surface area contributed by atoms with Gasteiger partial charge in [-0.3, -0.25) is 5.32 Å². The predicted octanol–water partition coefficient (Wildman–Crippen LogP) is 3.68. The van der Waals surface area contributed by atoms with Crippen LogP contribution in [0.15, 0.2) is 30.3 Å². The van der Waals surface area contributed by atoms with Crippen LogP contribution in [0, 0.1) is 17.4 Å². The maximum absolute atomic E-state index is 3.56. The Kier molecular flexibility index (Phi) is 5.65. The highest BCUT2D eigenvalue weighted by molar-refractivity contribution is 6.83. The van der Waals surface area contributed by atoms with Crippen LogP contribution in [0.1, 0.15) is 19.4 Å². The van der Waals surface area contributed by atoms with E-state index in [9.17, 15) is 0 Å². The maximum atomic E-state index is 3.56. The summed E-state index contributed by atoms with van der Waals surface area (Å²) in [7, 11) is -1.28. The quantitative estimate of drug-likeness (QED) is 0.642. The van der Waals surface area contributed by atoms with Crippen LogP contribution in [-0.4, -0.2) is 14.1 Å². The number of nitrogens with one attached hydrogen (secondary N) is 1. The van der Waals surface area contributed by atoms with Crippen LogP contribution in [0.2, 0.25) is 19.6 Å². The third-order valence-electron chi connectivity index (χ3n) is 2.64. The summed E-state index contributed by atoms with van der Waals surface area (Å²) < 4.78 is 0. The molecule has 0 aliphatic carbocycles.